The number of hydrogen-bond acceptors (Lipinski definition) is 4. The highest BCUT2D eigenvalue weighted by Crippen LogP contribution is 2.29. The van der Waals surface area contributed by atoms with Crippen LogP contribution in [0, 0.1) is 6.92 Å². The van der Waals surface area contributed by atoms with Crippen LogP contribution in [0.4, 0.5) is 0 Å². The van der Waals surface area contributed by atoms with Crippen LogP contribution in [0.15, 0.2) is 84.9 Å². The second kappa shape index (κ2) is 9.05. The fourth-order valence-electron chi connectivity index (χ4n) is 5.39. The number of benzene rings is 3. The predicted octanol–water partition coefficient (Wildman–Crippen LogP) is 4.40. The van der Waals surface area contributed by atoms with Gasteiger partial charge in [-0.3, -0.25) is 14.2 Å². The minimum Gasteiger partial charge on any atom is -0.307 e. The van der Waals surface area contributed by atoms with Gasteiger partial charge in [0.05, 0.1) is 17.1 Å². The standard InChI is InChI=1S/C28H30N6/c1-22-29-30-28-33(25-14-8-9-15-26(25)34(22)28)21-18-31-16-19-32(20-17-31)27(23-10-4-2-5-11-23)24-12-6-3-7-13-24/h2-15,27H,16-21H2,1H3. The van der Waals surface area contributed by atoms with Crippen LogP contribution in [0.1, 0.15) is 23.0 Å². The zero-order chi connectivity index (χ0) is 22.9. The topological polar surface area (TPSA) is 41.6 Å². The molecule has 0 atom stereocenters. The molecule has 6 heteroatoms. The fourth-order valence-corrected chi connectivity index (χ4v) is 5.39. The minimum atomic E-state index is 0.302. The van der Waals surface area contributed by atoms with Gasteiger partial charge >= 0.3 is 0 Å². The van der Waals surface area contributed by atoms with Crippen molar-refractivity contribution in [2.75, 3.05) is 32.7 Å². The van der Waals surface area contributed by atoms with E-state index in [1.807, 2.05) is 6.92 Å². The number of rotatable bonds is 6. The maximum atomic E-state index is 4.47. The number of para-hydroxylation sites is 2. The van der Waals surface area contributed by atoms with Crippen molar-refractivity contribution in [2.24, 2.45) is 0 Å². The molecule has 0 radical (unpaired) electrons. The molecule has 6 nitrogen and oxygen atoms in total. The van der Waals surface area contributed by atoms with E-state index in [4.69, 9.17) is 0 Å². The van der Waals surface area contributed by atoms with Gasteiger partial charge in [-0.05, 0) is 30.2 Å². The first kappa shape index (κ1) is 21.1. The number of aryl methyl sites for hydroxylation is 1. The molecular weight excluding hydrogens is 420 g/mol. The van der Waals surface area contributed by atoms with Crippen LogP contribution < -0.4 is 0 Å². The van der Waals surface area contributed by atoms with Gasteiger partial charge in [0.25, 0.3) is 0 Å². The van der Waals surface area contributed by atoms with Gasteiger partial charge in [-0.2, -0.15) is 0 Å². The molecule has 0 unspecified atom stereocenters. The number of nitrogens with zero attached hydrogens (tertiary/aromatic N) is 6. The summed E-state index contributed by atoms with van der Waals surface area (Å²) in [6.45, 7) is 8.19. The monoisotopic (exact) mass is 450 g/mol. The summed E-state index contributed by atoms with van der Waals surface area (Å²) in [6, 6.07) is 30.7. The van der Waals surface area contributed by atoms with Crippen LogP contribution >= 0.6 is 0 Å². The smallest absolute Gasteiger partial charge is 0.236 e. The lowest BCUT2D eigenvalue weighted by Crippen LogP contribution is -2.48. The number of aromatic nitrogens is 4. The van der Waals surface area contributed by atoms with Crippen molar-refractivity contribution in [3.8, 4) is 0 Å². The van der Waals surface area contributed by atoms with Gasteiger partial charge < -0.3 is 4.57 Å². The van der Waals surface area contributed by atoms with E-state index in [1.54, 1.807) is 0 Å². The molecule has 5 aromatic rings. The van der Waals surface area contributed by atoms with Crippen LogP contribution in [0.3, 0.4) is 0 Å². The van der Waals surface area contributed by atoms with Crippen LogP contribution in [0.5, 0.6) is 0 Å². The first-order chi connectivity index (χ1) is 16.8. The van der Waals surface area contributed by atoms with Gasteiger partial charge in [0.15, 0.2) is 0 Å². The van der Waals surface area contributed by atoms with E-state index < -0.39 is 0 Å². The van der Waals surface area contributed by atoms with Gasteiger partial charge in [-0.15, -0.1) is 10.2 Å². The Morgan fingerprint density at radius 3 is 1.91 bits per heavy atom. The number of fused-ring (bicyclic) bond motifs is 3. The summed E-state index contributed by atoms with van der Waals surface area (Å²) < 4.78 is 4.48. The fraction of sp³-hybridized carbons (Fsp3) is 0.286. The predicted molar refractivity (Wildman–Crippen MR) is 136 cm³/mol. The molecule has 3 aromatic carbocycles. The molecule has 1 aliphatic heterocycles. The lowest BCUT2D eigenvalue weighted by molar-refractivity contribution is 0.107. The second-order valence-electron chi connectivity index (χ2n) is 9.12. The molecule has 3 heterocycles. The van der Waals surface area contributed by atoms with Crippen LogP contribution in [-0.2, 0) is 6.54 Å². The summed E-state index contributed by atoms with van der Waals surface area (Å²) in [5, 5.41) is 8.79. The quantitative estimate of drug-likeness (QED) is 0.385. The van der Waals surface area contributed by atoms with E-state index in [9.17, 15) is 0 Å². The molecule has 0 spiro atoms. The summed E-state index contributed by atoms with van der Waals surface area (Å²) in [7, 11) is 0. The van der Waals surface area contributed by atoms with Crippen molar-refractivity contribution in [1.29, 1.82) is 0 Å². The first-order valence-corrected chi connectivity index (χ1v) is 12.1. The molecule has 0 bridgehead atoms. The van der Waals surface area contributed by atoms with Crippen molar-refractivity contribution < 1.29 is 0 Å². The molecule has 2 aromatic heterocycles. The van der Waals surface area contributed by atoms with E-state index in [1.165, 1.54) is 22.2 Å². The van der Waals surface area contributed by atoms with Gasteiger partial charge in [-0.25, -0.2) is 0 Å². The highest BCUT2D eigenvalue weighted by atomic mass is 15.3. The third-order valence-electron chi connectivity index (χ3n) is 7.11. The average Bonchev–Trinajstić information content (AvgIpc) is 3.43. The lowest BCUT2D eigenvalue weighted by atomic mass is 9.96. The molecule has 0 N–H and O–H groups in total. The Balaban J connectivity index is 1.18. The van der Waals surface area contributed by atoms with Crippen LogP contribution in [-0.4, -0.2) is 61.7 Å². The van der Waals surface area contributed by atoms with Gasteiger partial charge in [-0.1, -0.05) is 72.8 Å². The number of piperazine rings is 1. The molecule has 172 valence electrons. The second-order valence-corrected chi connectivity index (χ2v) is 9.12. The van der Waals surface area contributed by atoms with Crippen molar-refractivity contribution in [3.05, 3.63) is 102 Å². The maximum absolute atomic E-state index is 4.47. The third kappa shape index (κ3) is 3.79. The van der Waals surface area contributed by atoms with E-state index in [0.29, 0.717) is 6.04 Å². The Hall–Kier alpha value is -3.48. The Bertz CT molecular complexity index is 1340. The molecule has 1 saturated heterocycles. The molecular formula is C28H30N6. The zero-order valence-corrected chi connectivity index (χ0v) is 19.6. The number of hydrogen-bond donors (Lipinski definition) is 0. The van der Waals surface area contributed by atoms with E-state index in [-0.39, 0.29) is 0 Å². The molecule has 1 fully saturated rings. The summed E-state index contributed by atoms with van der Waals surface area (Å²) in [5.41, 5.74) is 5.14. The molecule has 1 aliphatic rings. The van der Waals surface area contributed by atoms with E-state index in [2.05, 4.69) is 114 Å². The number of imidazole rings is 1. The van der Waals surface area contributed by atoms with Gasteiger partial charge in [0, 0.05) is 39.3 Å². The largest absolute Gasteiger partial charge is 0.307 e. The van der Waals surface area contributed by atoms with E-state index in [0.717, 1.165) is 50.9 Å². The van der Waals surface area contributed by atoms with Crippen molar-refractivity contribution >= 4 is 16.8 Å². The van der Waals surface area contributed by atoms with Gasteiger partial charge in [0.1, 0.15) is 5.82 Å². The first-order valence-electron chi connectivity index (χ1n) is 12.1. The highest BCUT2D eigenvalue weighted by Gasteiger charge is 2.26. The summed E-state index contributed by atoms with van der Waals surface area (Å²) in [5.74, 6) is 1.87. The SMILES string of the molecule is Cc1nnc2n(CCN3CCN(C(c4ccccc4)c4ccccc4)CC3)c3ccccc3n12. The van der Waals surface area contributed by atoms with Crippen molar-refractivity contribution in [2.45, 2.75) is 19.5 Å². The van der Waals surface area contributed by atoms with E-state index >= 15 is 0 Å². The Morgan fingerprint density at radius 1 is 0.676 bits per heavy atom. The van der Waals surface area contributed by atoms with Crippen molar-refractivity contribution in [1.82, 2.24) is 29.0 Å². The maximum Gasteiger partial charge on any atom is 0.236 e. The van der Waals surface area contributed by atoms with Crippen LogP contribution in [0.25, 0.3) is 16.8 Å². The molecule has 34 heavy (non-hydrogen) atoms. The average molecular weight is 451 g/mol. The highest BCUT2D eigenvalue weighted by molar-refractivity contribution is 5.80. The Kier molecular flexibility index (Phi) is 5.61. The summed E-state index contributed by atoms with van der Waals surface area (Å²) in [6.07, 6.45) is 0. The molecule has 6 rings (SSSR count). The third-order valence-corrected chi connectivity index (χ3v) is 7.11. The Morgan fingerprint density at radius 2 is 1.26 bits per heavy atom. The molecule has 0 amide bonds. The lowest BCUT2D eigenvalue weighted by Gasteiger charge is -2.39. The van der Waals surface area contributed by atoms with Gasteiger partial charge in [0.2, 0.25) is 5.78 Å². The molecule has 0 saturated carbocycles. The zero-order valence-electron chi connectivity index (χ0n) is 19.6. The minimum absolute atomic E-state index is 0.302. The summed E-state index contributed by atoms with van der Waals surface area (Å²) >= 11 is 0. The summed E-state index contributed by atoms with van der Waals surface area (Å²) in [4.78, 5) is 5.21. The van der Waals surface area contributed by atoms with Crippen molar-refractivity contribution in [3.63, 3.8) is 0 Å². The van der Waals surface area contributed by atoms with Crippen LogP contribution in [0.2, 0.25) is 0 Å². The molecule has 0 aliphatic carbocycles. The Labute approximate surface area is 200 Å². The normalized spacial score (nSPS) is 15.6.